The third kappa shape index (κ3) is 3.68. The van der Waals surface area contributed by atoms with Crippen LogP contribution < -0.4 is 5.73 Å². The first-order chi connectivity index (χ1) is 9.47. The van der Waals surface area contributed by atoms with E-state index in [1.54, 1.807) is 0 Å². The zero-order valence-corrected chi connectivity index (χ0v) is 11.9. The number of aliphatic hydroxyl groups is 1. The lowest BCUT2D eigenvalue weighted by atomic mass is 10.2. The summed E-state index contributed by atoms with van der Waals surface area (Å²) in [5, 5.41) is 18.0. The maximum absolute atomic E-state index is 12.5. The van der Waals surface area contributed by atoms with Gasteiger partial charge in [-0.3, -0.25) is 0 Å². The van der Waals surface area contributed by atoms with Gasteiger partial charge in [0.15, 0.2) is 0 Å². The van der Waals surface area contributed by atoms with Gasteiger partial charge < -0.3 is 15.6 Å². The molecule has 0 amide bonds. The molecule has 0 spiro atoms. The second kappa shape index (κ2) is 7.21. The van der Waals surface area contributed by atoms with Gasteiger partial charge in [0, 0.05) is 25.9 Å². The van der Waals surface area contributed by atoms with Crippen molar-refractivity contribution in [2.75, 3.05) is 39.1 Å². The van der Waals surface area contributed by atoms with E-state index in [2.05, 4.69) is 0 Å². The Balaban J connectivity index is 3.22. The molecule has 0 atom stereocenters. The highest BCUT2D eigenvalue weighted by molar-refractivity contribution is 7.89. The molecule has 0 heterocycles. The van der Waals surface area contributed by atoms with Crippen molar-refractivity contribution < 1.29 is 18.3 Å². The minimum Gasteiger partial charge on any atom is -0.399 e. The highest BCUT2D eigenvalue weighted by Gasteiger charge is 2.26. The highest BCUT2D eigenvalue weighted by Crippen LogP contribution is 2.21. The van der Waals surface area contributed by atoms with Crippen LogP contribution in [0.2, 0.25) is 0 Å². The molecule has 20 heavy (non-hydrogen) atoms. The van der Waals surface area contributed by atoms with Gasteiger partial charge in [-0.25, -0.2) is 8.42 Å². The maximum atomic E-state index is 12.5. The molecule has 110 valence electrons. The number of sulfonamides is 1. The van der Waals surface area contributed by atoms with Crippen LogP contribution in [0.15, 0.2) is 23.1 Å². The Labute approximate surface area is 118 Å². The molecule has 1 aromatic rings. The Morgan fingerprint density at radius 1 is 1.45 bits per heavy atom. The quantitative estimate of drug-likeness (QED) is 0.672. The van der Waals surface area contributed by atoms with E-state index in [0.717, 1.165) is 4.31 Å². The van der Waals surface area contributed by atoms with E-state index in [4.69, 9.17) is 20.8 Å². The van der Waals surface area contributed by atoms with Crippen LogP contribution in [0.3, 0.4) is 0 Å². The number of nitriles is 1. The van der Waals surface area contributed by atoms with Crippen LogP contribution in [0.5, 0.6) is 0 Å². The number of rotatable bonds is 7. The summed E-state index contributed by atoms with van der Waals surface area (Å²) >= 11 is 0. The average Bonchev–Trinajstić information content (AvgIpc) is 2.42. The molecule has 0 saturated heterocycles. The number of aliphatic hydroxyl groups excluding tert-OH is 1. The summed E-state index contributed by atoms with van der Waals surface area (Å²) in [6.45, 7) is -0.106. The lowest BCUT2D eigenvalue weighted by Crippen LogP contribution is -2.36. The fourth-order valence-corrected chi connectivity index (χ4v) is 3.19. The van der Waals surface area contributed by atoms with Gasteiger partial charge in [-0.2, -0.15) is 9.57 Å². The summed E-state index contributed by atoms with van der Waals surface area (Å²) in [5.74, 6) is 0. The van der Waals surface area contributed by atoms with Crippen LogP contribution in [0, 0.1) is 11.3 Å². The number of nitrogen functional groups attached to an aromatic ring is 1. The van der Waals surface area contributed by atoms with Crippen molar-refractivity contribution in [3.63, 3.8) is 0 Å². The minimum atomic E-state index is -3.88. The SMILES string of the molecule is COCCN(CCO)S(=O)(=O)c1ccc(N)cc1C#N. The molecule has 3 N–H and O–H groups in total. The second-order valence-electron chi connectivity index (χ2n) is 3.99. The second-order valence-corrected chi connectivity index (χ2v) is 5.89. The van der Waals surface area contributed by atoms with Crippen LogP contribution in [0.4, 0.5) is 5.69 Å². The summed E-state index contributed by atoms with van der Waals surface area (Å²) in [6.07, 6.45) is 0. The Kier molecular flexibility index (Phi) is 5.91. The molecule has 0 unspecified atom stereocenters. The molecule has 0 saturated carbocycles. The summed E-state index contributed by atoms with van der Waals surface area (Å²) < 4.78 is 30.9. The normalized spacial score (nSPS) is 11.5. The predicted octanol–water partition coefficient (Wildman–Crippen LogP) is -0.230. The molecular weight excluding hydrogens is 282 g/mol. The third-order valence-electron chi connectivity index (χ3n) is 2.64. The van der Waals surface area contributed by atoms with Gasteiger partial charge in [0.1, 0.15) is 11.0 Å². The summed E-state index contributed by atoms with van der Waals surface area (Å²) in [6, 6.07) is 5.83. The fraction of sp³-hybridized carbons (Fsp3) is 0.417. The van der Waals surface area contributed by atoms with E-state index >= 15 is 0 Å². The number of ether oxygens (including phenoxy) is 1. The van der Waals surface area contributed by atoms with E-state index in [9.17, 15) is 8.42 Å². The first kappa shape index (κ1) is 16.4. The third-order valence-corrected chi connectivity index (χ3v) is 4.59. The van der Waals surface area contributed by atoms with Crippen LogP contribution in [-0.2, 0) is 14.8 Å². The van der Waals surface area contributed by atoms with Crippen LogP contribution in [-0.4, -0.2) is 51.2 Å². The van der Waals surface area contributed by atoms with Gasteiger partial charge in [-0.15, -0.1) is 0 Å². The Bertz CT molecular complexity index is 595. The maximum Gasteiger partial charge on any atom is 0.244 e. The molecule has 0 aliphatic heterocycles. The topological polar surface area (TPSA) is 117 Å². The standard InChI is InChI=1S/C12H17N3O4S/c1-19-7-5-15(4-6-16)20(17,18)12-3-2-11(14)8-10(12)9-13/h2-3,8,16H,4-7,14H2,1H3. The molecular formula is C12H17N3O4S. The average molecular weight is 299 g/mol. The Morgan fingerprint density at radius 3 is 2.70 bits per heavy atom. The first-order valence-electron chi connectivity index (χ1n) is 5.87. The number of nitrogens with zero attached hydrogens (tertiary/aromatic N) is 2. The van der Waals surface area contributed by atoms with Crippen molar-refractivity contribution in [1.82, 2.24) is 4.31 Å². The Morgan fingerprint density at radius 2 is 2.15 bits per heavy atom. The van der Waals surface area contributed by atoms with Crippen molar-refractivity contribution >= 4 is 15.7 Å². The molecule has 1 aromatic carbocycles. The van der Waals surface area contributed by atoms with Crippen LogP contribution in [0.1, 0.15) is 5.56 Å². The van der Waals surface area contributed by atoms with Crippen molar-refractivity contribution in [1.29, 1.82) is 5.26 Å². The van der Waals surface area contributed by atoms with E-state index in [1.807, 2.05) is 6.07 Å². The minimum absolute atomic E-state index is 0.0228. The summed E-state index contributed by atoms with van der Waals surface area (Å²) in [4.78, 5) is -0.126. The number of hydrogen-bond acceptors (Lipinski definition) is 6. The van der Waals surface area contributed by atoms with Crippen molar-refractivity contribution in [3.8, 4) is 6.07 Å². The predicted molar refractivity (Wildman–Crippen MR) is 73.3 cm³/mol. The van der Waals surface area contributed by atoms with Gasteiger partial charge in [0.05, 0.1) is 18.8 Å². The van der Waals surface area contributed by atoms with Gasteiger partial charge >= 0.3 is 0 Å². The molecule has 0 fully saturated rings. The zero-order chi connectivity index (χ0) is 15.2. The molecule has 0 radical (unpaired) electrons. The Hall–Kier alpha value is -1.66. The monoisotopic (exact) mass is 299 g/mol. The smallest absolute Gasteiger partial charge is 0.244 e. The van der Waals surface area contributed by atoms with E-state index < -0.39 is 10.0 Å². The number of anilines is 1. The van der Waals surface area contributed by atoms with Gasteiger partial charge in [0.25, 0.3) is 0 Å². The molecule has 7 nitrogen and oxygen atoms in total. The van der Waals surface area contributed by atoms with E-state index in [1.165, 1.54) is 25.3 Å². The van der Waals surface area contributed by atoms with Crippen molar-refractivity contribution in [3.05, 3.63) is 23.8 Å². The number of hydrogen-bond donors (Lipinski definition) is 2. The molecule has 1 rings (SSSR count). The molecule has 0 aliphatic carbocycles. The van der Waals surface area contributed by atoms with Crippen LogP contribution >= 0.6 is 0 Å². The van der Waals surface area contributed by atoms with E-state index in [0.29, 0.717) is 5.69 Å². The fourth-order valence-electron chi connectivity index (χ4n) is 1.66. The lowest BCUT2D eigenvalue weighted by molar-refractivity contribution is 0.168. The van der Waals surface area contributed by atoms with Crippen molar-refractivity contribution in [2.45, 2.75) is 4.90 Å². The number of methoxy groups -OCH3 is 1. The zero-order valence-electron chi connectivity index (χ0n) is 11.1. The number of benzene rings is 1. The van der Waals surface area contributed by atoms with Gasteiger partial charge in [0.2, 0.25) is 10.0 Å². The summed E-state index contributed by atoms with van der Waals surface area (Å²) in [7, 11) is -2.43. The highest BCUT2D eigenvalue weighted by atomic mass is 32.2. The lowest BCUT2D eigenvalue weighted by Gasteiger charge is -2.21. The summed E-state index contributed by atoms with van der Waals surface area (Å²) in [5.41, 5.74) is 5.83. The van der Waals surface area contributed by atoms with Gasteiger partial charge in [-0.05, 0) is 18.2 Å². The molecule has 8 heteroatoms. The first-order valence-corrected chi connectivity index (χ1v) is 7.31. The molecule has 0 bridgehead atoms. The van der Waals surface area contributed by atoms with Crippen molar-refractivity contribution in [2.24, 2.45) is 0 Å². The molecule has 0 aromatic heterocycles. The largest absolute Gasteiger partial charge is 0.399 e. The van der Waals surface area contributed by atoms with Gasteiger partial charge in [-0.1, -0.05) is 0 Å². The molecule has 0 aliphatic rings. The number of nitrogens with two attached hydrogens (primary N) is 1. The van der Waals surface area contributed by atoms with E-state index in [-0.39, 0.29) is 36.8 Å². The van der Waals surface area contributed by atoms with Crippen LogP contribution in [0.25, 0.3) is 0 Å².